The Balaban J connectivity index is 2.12. The highest BCUT2D eigenvalue weighted by Gasteiger charge is 2.25. The van der Waals surface area contributed by atoms with E-state index >= 15 is 0 Å². The van der Waals surface area contributed by atoms with Crippen molar-refractivity contribution in [3.8, 4) is 5.88 Å². The minimum absolute atomic E-state index is 0.0331. The lowest BCUT2D eigenvalue weighted by atomic mass is 10.1. The predicted octanol–water partition coefficient (Wildman–Crippen LogP) is 1.05. The Bertz CT molecular complexity index is 425. The molecule has 6 nitrogen and oxygen atoms in total. The van der Waals surface area contributed by atoms with Gasteiger partial charge in [0, 0.05) is 19.7 Å². The van der Waals surface area contributed by atoms with E-state index in [1.807, 2.05) is 13.8 Å². The van der Waals surface area contributed by atoms with Gasteiger partial charge in [-0.05, 0) is 32.6 Å². The standard InChI is InChI=1S/C13H22N4O2/c1-9(2)19-13-11(14)12(15-8-16-13)17-5-3-10(7-17)4-6-18/h8-10,18H,3-7,14H2,1-2H3. The van der Waals surface area contributed by atoms with Crippen LogP contribution in [0.25, 0.3) is 0 Å². The number of aliphatic hydroxyl groups excluding tert-OH is 1. The van der Waals surface area contributed by atoms with Gasteiger partial charge in [-0.2, -0.15) is 4.98 Å². The minimum Gasteiger partial charge on any atom is -0.473 e. The first-order chi connectivity index (χ1) is 9.11. The Morgan fingerprint density at radius 2 is 2.32 bits per heavy atom. The molecule has 0 aliphatic carbocycles. The van der Waals surface area contributed by atoms with Crippen LogP contribution in [0.15, 0.2) is 6.33 Å². The number of rotatable bonds is 5. The third-order valence-corrected chi connectivity index (χ3v) is 3.30. The highest BCUT2D eigenvalue weighted by molar-refractivity contribution is 5.68. The average molecular weight is 266 g/mol. The topological polar surface area (TPSA) is 84.5 Å². The summed E-state index contributed by atoms with van der Waals surface area (Å²) < 4.78 is 5.58. The predicted molar refractivity (Wildman–Crippen MR) is 74.2 cm³/mol. The van der Waals surface area contributed by atoms with Crippen LogP contribution in [0, 0.1) is 5.92 Å². The van der Waals surface area contributed by atoms with Gasteiger partial charge in [0.05, 0.1) is 6.10 Å². The van der Waals surface area contributed by atoms with E-state index in [1.165, 1.54) is 6.33 Å². The van der Waals surface area contributed by atoms with Crippen LogP contribution < -0.4 is 15.4 Å². The van der Waals surface area contributed by atoms with Crippen LogP contribution in [0.3, 0.4) is 0 Å². The van der Waals surface area contributed by atoms with Gasteiger partial charge < -0.3 is 20.5 Å². The average Bonchev–Trinajstić information content (AvgIpc) is 2.80. The van der Waals surface area contributed by atoms with Gasteiger partial charge in [0.1, 0.15) is 12.0 Å². The number of hydrogen-bond acceptors (Lipinski definition) is 6. The lowest BCUT2D eigenvalue weighted by Gasteiger charge is -2.20. The molecular formula is C13H22N4O2. The normalized spacial score (nSPS) is 19.2. The van der Waals surface area contributed by atoms with E-state index in [0.717, 1.165) is 31.7 Å². The molecule has 1 fully saturated rings. The highest BCUT2D eigenvalue weighted by Crippen LogP contribution is 2.32. The number of ether oxygens (including phenoxy) is 1. The van der Waals surface area contributed by atoms with Gasteiger partial charge in [0.2, 0.25) is 5.88 Å². The summed E-state index contributed by atoms with van der Waals surface area (Å²) in [5, 5.41) is 8.99. The van der Waals surface area contributed by atoms with Crippen LogP contribution in [0.5, 0.6) is 5.88 Å². The maximum absolute atomic E-state index is 8.99. The molecule has 1 unspecified atom stereocenters. The summed E-state index contributed by atoms with van der Waals surface area (Å²) in [6.07, 6.45) is 3.41. The first-order valence-electron chi connectivity index (χ1n) is 6.74. The van der Waals surface area contributed by atoms with E-state index in [-0.39, 0.29) is 12.7 Å². The van der Waals surface area contributed by atoms with Crippen molar-refractivity contribution in [3.63, 3.8) is 0 Å². The molecular weight excluding hydrogens is 244 g/mol. The number of hydrogen-bond donors (Lipinski definition) is 2. The van der Waals surface area contributed by atoms with Crippen molar-refractivity contribution in [3.05, 3.63) is 6.33 Å². The number of aliphatic hydroxyl groups is 1. The largest absolute Gasteiger partial charge is 0.473 e. The minimum atomic E-state index is 0.0331. The van der Waals surface area contributed by atoms with Crippen molar-refractivity contribution in [1.82, 2.24) is 9.97 Å². The second kappa shape index (κ2) is 6.06. The van der Waals surface area contributed by atoms with E-state index in [0.29, 0.717) is 17.5 Å². The Labute approximate surface area is 113 Å². The van der Waals surface area contributed by atoms with Crippen molar-refractivity contribution in [1.29, 1.82) is 0 Å². The van der Waals surface area contributed by atoms with Crippen molar-refractivity contribution < 1.29 is 9.84 Å². The second-order valence-electron chi connectivity index (χ2n) is 5.20. The smallest absolute Gasteiger partial charge is 0.242 e. The van der Waals surface area contributed by atoms with E-state index in [1.54, 1.807) is 0 Å². The molecule has 1 aromatic rings. The molecule has 6 heteroatoms. The van der Waals surface area contributed by atoms with Crippen LogP contribution in [0.2, 0.25) is 0 Å². The third kappa shape index (κ3) is 3.26. The summed E-state index contributed by atoms with van der Waals surface area (Å²) in [6, 6.07) is 0. The van der Waals surface area contributed by atoms with Gasteiger partial charge in [-0.15, -0.1) is 0 Å². The molecule has 1 aromatic heterocycles. The Kier molecular flexibility index (Phi) is 4.42. The van der Waals surface area contributed by atoms with E-state index < -0.39 is 0 Å². The Morgan fingerprint density at radius 3 is 3.00 bits per heavy atom. The number of nitrogens with two attached hydrogens (primary N) is 1. The van der Waals surface area contributed by atoms with Crippen molar-refractivity contribution in [2.24, 2.45) is 5.92 Å². The lowest BCUT2D eigenvalue weighted by Crippen LogP contribution is -2.23. The summed E-state index contributed by atoms with van der Waals surface area (Å²) in [5.41, 5.74) is 6.59. The molecule has 0 amide bonds. The SMILES string of the molecule is CC(C)Oc1ncnc(N2CCC(CCO)C2)c1N. The zero-order valence-electron chi connectivity index (χ0n) is 11.5. The molecule has 1 saturated heterocycles. The molecule has 106 valence electrons. The van der Waals surface area contributed by atoms with E-state index in [2.05, 4.69) is 14.9 Å². The fourth-order valence-electron chi connectivity index (χ4n) is 2.38. The molecule has 2 rings (SSSR count). The van der Waals surface area contributed by atoms with Crippen molar-refractivity contribution in [2.45, 2.75) is 32.8 Å². The molecule has 1 aliphatic rings. The number of aromatic nitrogens is 2. The van der Waals surface area contributed by atoms with Crippen molar-refractivity contribution >= 4 is 11.5 Å². The molecule has 0 bridgehead atoms. The molecule has 3 N–H and O–H groups in total. The van der Waals surface area contributed by atoms with Gasteiger partial charge in [-0.1, -0.05) is 0 Å². The van der Waals surface area contributed by atoms with Crippen LogP contribution in [-0.2, 0) is 0 Å². The first kappa shape index (κ1) is 13.9. The second-order valence-corrected chi connectivity index (χ2v) is 5.20. The molecule has 1 aliphatic heterocycles. The van der Waals surface area contributed by atoms with E-state index in [4.69, 9.17) is 15.6 Å². The monoisotopic (exact) mass is 266 g/mol. The van der Waals surface area contributed by atoms with Gasteiger partial charge in [-0.25, -0.2) is 4.98 Å². The molecule has 0 aromatic carbocycles. The van der Waals surface area contributed by atoms with Gasteiger partial charge in [0.25, 0.3) is 0 Å². The van der Waals surface area contributed by atoms with Gasteiger partial charge in [-0.3, -0.25) is 0 Å². The number of nitrogen functional groups attached to an aromatic ring is 1. The maximum atomic E-state index is 8.99. The molecule has 0 saturated carbocycles. The van der Waals surface area contributed by atoms with Crippen LogP contribution >= 0.6 is 0 Å². The Morgan fingerprint density at radius 1 is 1.53 bits per heavy atom. The number of nitrogens with zero attached hydrogens (tertiary/aromatic N) is 3. The quantitative estimate of drug-likeness (QED) is 0.829. The van der Waals surface area contributed by atoms with Crippen LogP contribution in [0.1, 0.15) is 26.7 Å². The zero-order valence-corrected chi connectivity index (χ0v) is 11.5. The van der Waals surface area contributed by atoms with Crippen molar-refractivity contribution in [2.75, 3.05) is 30.3 Å². The Hall–Kier alpha value is -1.56. The summed E-state index contributed by atoms with van der Waals surface area (Å²) >= 11 is 0. The summed E-state index contributed by atoms with van der Waals surface area (Å²) in [4.78, 5) is 10.5. The molecule has 2 heterocycles. The summed E-state index contributed by atoms with van der Waals surface area (Å²) in [6.45, 7) is 5.90. The molecule has 0 spiro atoms. The third-order valence-electron chi connectivity index (χ3n) is 3.30. The molecule has 19 heavy (non-hydrogen) atoms. The maximum Gasteiger partial charge on any atom is 0.242 e. The highest BCUT2D eigenvalue weighted by atomic mass is 16.5. The van der Waals surface area contributed by atoms with Crippen LogP contribution in [0.4, 0.5) is 11.5 Å². The molecule has 0 radical (unpaired) electrons. The number of anilines is 2. The fourth-order valence-corrected chi connectivity index (χ4v) is 2.38. The molecule has 1 atom stereocenters. The first-order valence-corrected chi connectivity index (χ1v) is 6.74. The van der Waals surface area contributed by atoms with Crippen LogP contribution in [-0.4, -0.2) is 40.9 Å². The lowest BCUT2D eigenvalue weighted by molar-refractivity contribution is 0.234. The van der Waals surface area contributed by atoms with E-state index in [9.17, 15) is 0 Å². The summed E-state index contributed by atoms with van der Waals surface area (Å²) in [7, 11) is 0. The zero-order chi connectivity index (χ0) is 13.8. The fraction of sp³-hybridized carbons (Fsp3) is 0.692. The van der Waals surface area contributed by atoms with Gasteiger partial charge >= 0.3 is 0 Å². The summed E-state index contributed by atoms with van der Waals surface area (Å²) in [5.74, 6) is 1.70. The van der Waals surface area contributed by atoms with Gasteiger partial charge in [0.15, 0.2) is 5.82 Å².